The second-order valence-electron chi connectivity index (χ2n) is 7.61. The van der Waals surface area contributed by atoms with Crippen LogP contribution >= 0.6 is 22.7 Å². The lowest BCUT2D eigenvalue weighted by Gasteiger charge is -2.23. The summed E-state index contributed by atoms with van der Waals surface area (Å²) in [7, 11) is 0. The van der Waals surface area contributed by atoms with Gasteiger partial charge in [0, 0.05) is 11.0 Å². The number of thiazole rings is 1. The van der Waals surface area contributed by atoms with Gasteiger partial charge in [-0.2, -0.15) is 0 Å². The highest BCUT2D eigenvalue weighted by Crippen LogP contribution is 2.33. The maximum absolute atomic E-state index is 13.5. The van der Waals surface area contributed by atoms with E-state index in [0.29, 0.717) is 26.4 Å². The van der Waals surface area contributed by atoms with E-state index >= 15 is 0 Å². The molecule has 0 fully saturated rings. The number of carbonyl (C=O) groups excluding carboxylic acids is 1. The Bertz CT molecular complexity index is 1520. The molecular formula is C25H20N2O4S2. The van der Waals surface area contributed by atoms with Crippen molar-refractivity contribution in [1.29, 1.82) is 0 Å². The summed E-state index contributed by atoms with van der Waals surface area (Å²) in [6.07, 6.45) is 1.72. The molecule has 33 heavy (non-hydrogen) atoms. The topological polar surface area (TPSA) is 73.8 Å². The molecule has 4 heterocycles. The first kappa shape index (κ1) is 21.4. The lowest BCUT2D eigenvalue weighted by atomic mass is 10.0. The molecule has 1 atom stereocenters. The summed E-state index contributed by atoms with van der Waals surface area (Å²) < 4.78 is 13.3. The van der Waals surface area contributed by atoms with E-state index in [2.05, 4.69) is 4.99 Å². The van der Waals surface area contributed by atoms with Crippen molar-refractivity contribution in [2.45, 2.75) is 26.5 Å². The van der Waals surface area contributed by atoms with Gasteiger partial charge in [0.2, 0.25) is 0 Å². The highest BCUT2D eigenvalue weighted by molar-refractivity contribution is 7.10. The largest absolute Gasteiger partial charge is 0.462 e. The van der Waals surface area contributed by atoms with Crippen LogP contribution in [0.2, 0.25) is 0 Å². The van der Waals surface area contributed by atoms with Crippen molar-refractivity contribution in [3.63, 3.8) is 0 Å². The van der Waals surface area contributed by atoms with Crippen molar-refractivity contribution in [3.05, 3.63) is 113 Å². The molecule has 0 aliphatic carbocycles. The standard InChI is InChI=1S/C25H20N2O4S2/c1-15-10-11-18(31-15)13-20-23(28)27-22(19-9-6-12-32-19)21(16(2)26-25(27)33-20)24(29)30-14-17-7-4-3-5-8-17/h3-13,22H,14H2,1-2H3/b20-13+/t22-/m1/s1. The van der Waals surface area contributed by atoms with E-state index in [4.69, 9.17) is 9.15 Å². The molecule has 0 saturated carbocycles. The van der Waals surface area contributed by atoms with Crippen LogP contribution in [0.5, 0.6) is 0 Å². The SMILES string of the molecule is CC1=C(C(=O)OCc2ccccc2)[C@@H](c2cccs2)n2c(s/c(=C/c3ccc(C)o3)c2=O)=N1. The van der Waals surface area contributed by atoms with Gasteiger partial charge in [-0.3, -0.25) is 9.36 Å². The summed E-state index contributed by atoms with van der Waals surface area (Å²) in [5, 5.41) is 1.93. The molecule has 5 rings (SSSR count). The lowest BCUT2D eigenvalue weighted by molar-refractivity contribution is -0.140. The number of thiophene rings is 1. The van der Waals surface area contributed by atoms with E-state index in [1.165, 1.54) is 22.7 Å². The van der Waals surface area contributed by atoms with Gasteiger partial charge in [0.1, 0.15) is 24.2 Å². The Morgan fingerprint density at radius 3 is 2.67 bits per heavy atom. The second kappa shape index (κ2) is 8.80. The van der Waals surface area contributed by atoms with Gasteiger partial charge in [-0.1, -0.05) is 47.7 Å². The summed E-state index contributed by atoms with van der Waals surface area (Å²) in [6, 6.07) is 16.4. The first-order valence-electron chi connectivity index (χ1n) is 10.3. The molecule has 1 aliphatic rings. The minimum absolute atomic E-state index is 0.149. The summed E-state index contributed by atoms with van der Waals surface area (Å²) in [6.45, 7) is 3.79. The van der Waals surface area contributed by atoms with E-state index in [0.717, 1.165) is 16.2 Å². The zero-order chi connectivity index (χ0) is 22.9. The van der Waals surface area contributed by atoms with Crippen LogP contribution in [0, 0.1) is 6.92 Å². The van der Waals surface area contributed by atoms with Crippen LogP contribution in [0.3, 0.4) is 0 Å². The van der Waals surface area contributed by atoms with Crippen LogP contribution in [0.15, 0.2) is 85.5 Å². The highest BCUT2D eigenvalue weighted by atomic mass is 32.1. The Morgan fingerprint density at radius 1 is 1.15 bits per heavy atom. The zero-order valence-corrected chi connectivity index (χ0v) is 19.6. The van der Waals surface area contributed by atoms with Gasteiger partial charge < -0.3 is 9.15 Å². The molecule has 166 valence electrons. The number of aromatic nitrogens is 1. The van der Waals surface area contributed by atoms with Crippen LogP contribution in [0.1, 0.15) is 34.9 Å². The van der Waals surface area contributed by atoms with E-state index in [9.17, 15) is 9.59 Å². The van der Waals surface area contributed by atoms with E-state index in [1.807, 2.05) is 66.9 Å². The molecule has 6 nitrogen and oxygen atoms in total. The molecule has 1 aliphatic heterocycles. The molecule has 0 unspecified atom stereocenters. The smallest absolute Gasteiger partial charge is 0.338 e. The predicted octanol–water partition coefficient (Wildman–Crippen LogP) is 3.94. The Kier molecular flexibility index (Phi) is 5.70. The van der Waals surface area contributed by atoms with Crippen LogP contribution in [-0.2, 0) is 16.1 Å². The first-order valence-corrected chi connectivity index (χ1v) is 12.0. The average Bonchev–Trinajstić information content (AvgIpc) is 3.54. The number of aryl methyl sites for hydroxylation is 1. The Hall–Kier alpha value is -3.49. The number of benzene rings is 1. The van der Waals surface area contributed by atoms with Crippen LogP contribution in [-0.4, -0.2) is 10.5 Å². The van der Waals surface area contributed by atoms with Crippen molar-refractivity contribution in [3.8, 4) is 0 Å². The molecule has 0 amide bonds. The fourth-order valence-electron chi connectivity index (χ4n) is 3.76. The Labute approximate surface area is 197 Å². The average molecular weight is 477 g/mol. The molecule has 4 aromatic rings. The van der Waals surface area contributed by atoms with Gasteiger partial charge >= 0.3 is 5.97 Å². The van der Waals surface area contributed by atoms with E-state index < -0.39 is 12.0 Å². The fraction of sp³-hybridized carbons (Fsp3) is 0.160. The number of fused-ring (bicyclic) bond motifs is 1. The Balaban J connectivity index is 1.58. The third-order valence-corrected chi connectivity index (χ3v) is 7.21. The fourth-order valence-corrected chi connectivity index (χ4v) is 5.61. The van der Waals surface area contributed by atoms with Crippen molar-refractivity contribution < 1.29 is 13.9 Å². The van der Waals surface area contributed by atoms with Gasteiger partial charge in [-0.25, -0.2) is 9.79 Å². The Morgan fingerprint density at radius 2 is 1.97 bits per heavy atom. The minimum atomic E-state index is -0.593. The predicted molar refractivity (Wildman–Crippen MR) is 128 cm³/mol. The maximum Gasteiger partial charge on any atom is 0.338 e. The monoisotopic (exact) mass is 476 g/mol. The molecule has 0 spiro atoms. The van der Waals surface area contributed by atoms with Crippen molar-refractivity contribution in [2.24, 2.45) is 4.99 Å². The number of hydrogen-bond acceptors (Lipinski definition) is 7. The molecule has 8 heteroatoms. The summed E-state index contributed by atoms with van der Waals surface area (Å²) in [5.41, 5.74) is 1.60. The normalized spacial score (nSPS) is 15.9. The van der Waals surface area contributed by atoms with Gasteiger partial charge in [-0.15, -0.1) is 11.3 Å². The quantitative estimate of drug-likeness (QED) is 0.409. The van der Waals surface area contributed by atoms with Crippen LogP contribution < -0.4 is 14.9 Å². The van der Waals surface area contributed by atoms with Crippen LogP contribution in [0.4, 0.5) is 0 Å². The molecule has 0 bridgehead atoms. The second-order valence-corrected chi connectivity index (χ2v) is 9.60. The van der Waals surface area contributed by atoms with Gasteiger partial charge in [0.05, 0.1) is 15.8 Å². The summed E-state index contributed by atoms with van der Waals surface area (Å²) in [5.74, 6) is 0.892. The molecule has 3 aromatic heterocycles. The van der Waals surface area contributed by atoms with E-state index in [-0.39, 0.29) is 12.2 Å². The molecule has 0 saturated heterocycles. The number of allylic oxidation sites excluding steroid dienone is 1. The molecule has 0 radical (unpaired) electrons. The summed E-state index contributed by atoms with van der Waals surface area (Å²) in [4.78, 5) is 32.7. The third kappa shape index (κ3) is 4.15. The molecule has 0 N–H and O–H groups in total. The number of rotatable bonds is 5. The first-order chi connectivity index (χ1) is 16.0. The number of hydrogen-bond donors (Lipinski definition) is 0. The molecule has 1 aromatic carbocycles. The third-order valence-electron chi connectivity index (χ3n) is 5.30. The van der Waals surface area contributed by atoms with Crippen molar-refractivity contribution >= 4 is 34.7 Å². The van der Waals surface area contributed by atoms with Crippen molar-refractivity contribution in [1.82, 2.24) is 4.57 Å². The zero-order valence-electron chi connectivity index (χ0n) is 18.0. The number of nitrogens with zero attached hydrogens (tertiary/aromatic N) is 2. The number of furan rings is 1. The van der Waals surface area contributed by atoms with Gasteiger partial charge in [0.25, 0.3) is 5.56 Å². The molecular weight excluding hydrogens is 456 g/mol. The number of ether oxygens (including phenoxy) is 1. The maximum atomic E-state index is 13.5. The van der Waals surface area contributed by atoms with E-state index in [1.54, 1.807) is 17.6 Å². The number of esters is 1. The minimum Gasteiger partial charge on any atom is -0.462 e. The number of carbonyl (C=O) groups is 1. The summed E-state index contributed by atoms with van der Waals surface area (Å²) >= 11 is 2.77. The lowest BCUT2D eigenvalue weighted by Crippen LogP contribution is -2.39. The van der Waals surface area contributed by atoms with Gasteiger partial charge in [0.15, 0.2) is 4.80 Å². The van der Waals surface area contributed by atoms with Gasteiger partial charge in [-0.05, 0) is 43.0 Å². The van der Waals surface area contributed by atoms with Crippen molar-refractivity contribution in [2.75, 3.05) is 0 Å². The highest BCUT2D eigenvalue weighted by Gasteiger charge is 2.34. The van der Waals surface area contributed by atoms with Crippen LogP contribution in [0.25, 0.3) is 6.08 Å².